The van der Waals surface area contributed by atoms with Crippen LogP contribution in [0.2, 0.25) is 0 Å². The average molecular weight is 395 g/mol. The molecule has 2 bridgehead atoms. The molecule has 4 atom stereocenters. The molecular weight excluding hydrogens is 364 g/mol. The largest absolute Gasteiger partial charge is 0.451 e. The van der Waals surface area contributed by atoms with E-state index < -0.39 is 11.2 Å². The van der Waals surface area contributed by atoms with Gasteiger partial charge in [0, 0.05) is 12.8 Å². The SMILES string of the molecule is CC1=CC=CC(C)(OC(=O)C2=C(C(=O)OC3(C)C=CC=C(C)C3)C3CCC2C3)C1. The van der Waals surface area contributed by atoms with E-state index in [4.69, 9.17) is 9.47 Å². The van der Waals surface area contributed by atoms with Crippen LogP contribution in [0.25, 0.3) is 0 Å². The summed E-state index contributed by atoms with van der Waals surface area (Å²) in [7, 11) is 0. The van der Waals surface area contributed by atoms with Crippen molar-refractivity contribution in [1.82, 2.24) is 0 Å². The molecule has 1 saturated carbocycles. The summed E-state index contributed by atoms with van der Waals surface area (Å²) in [5, 5.41) is 0. The molecule has 154 valence electrons. The quantitative estimate of drug-likeness (QED) is 0.620. The molecule has 0 radical (unpaired) electrons. The van der Waals surface area contributed by atoms with Gasteiger partial charge in [-0.25, -0.2) is 9.59 Å². The number of esters is 2. The molecule has 0 saturated heterocycles. The van der Waals surface area contributed by atoms with Crippen LogP contribution in [0.5, 0.6) is 0 Å². The third-order valence-corrected chi connectivity index (χ3v) is 6.55. The molecular formula is C25H30O4. The first-order valence-corrected chi connectivity index (χ1v) is 10.6. The number of allylic oxidation sites excluding steroid dienone is 4. The Hall–Kier alpha value is -2.36. The first-order chi connectivity index (χ1) is 13.7. The zero-order chi connectivity index (χ0) is 20.8. The Morgan fingerprint density at radius 3 is 1.62 bits per heavy atom. The van der Waals surface area contributed by atoms with Gasteiger partial charge in [0.05, 0.1) is 11.1 Å². The molecule has 0 N–H and O–H groups in total. The molecule has 0 aromatic carbocycles. The smallest absolute Gasteiger partial charge is 0.335 e. The minimum atomic E-state index is -0.667. The van der Waals surface area contributed by atoms with Crippen molar-refractivity contribution >= 4 is 11.9 Å². The van der Waals surface area contributed by atoms with Crippen LogP contribution in [-0.2, 0) is 19.1 Å². The Kier molecular flexibility index (Phi) is 4.92. The van der Waals surface area contributed by atoms with Crippen LogP contribution in [0.4, 0.5) is 0 Å². The molecule has 29 heavy (non-hydrogen) atoms. The maximum absolute atomic E-state index is 13.2. The van der Waals surface area contributed by atoms with Crippen molar-refractivity contribution in [3.8, 4) is 0 Å². The van der Waals surface area contributed by atoms with Crippen LogP contribution in [-0.4, -0.2) is 23.1 Å². The Bertz CT molecular complexity index is 828. The first-order valence-electron chi connectivity index (χ1n) is 10.6. The fourth-order valence-electron chi connectivity index (χ4n) is 5.35. The summed E-state index contributed by atoms with van der Waals surface area (Å²) in [5.41, 5.74) is 2.13. The van der Waals surface area contributed by atoms with Gasteiger partial charge >= 0.3 is 11.9 Å². The van der Waals surface area contributed by atoms with Gasteiger partial charge in [-0.2, -0.15) is 0 Å². The summed E-state index contributed by atoms with van der Waals surface area (Å²) < 4.78 is 11.9. The van der Waals surface area contributed by atoms with Crippen LogP contribution in [0.15, 0.2) is 58.7 Å². The third kappa shape index (κ3) is 3.90. The highest BCUT2D eigenvalue weighted by Gasteiger charge is 2.48. The van der Waals surface area contributed by atoms with E-state index in [1.807, 2.05) is 64.2 Å². The maximum Gasteiger partial charge on any atom is 0.335 e. The van der Waals surface area contributed by atoms with E-state index in [1.54, 1.807) is 0 Å². The number of rotatable bonds is 4. The second kappa shape index (κ2) is 7.16. The average Bonchev–Trinajstić information content (AvgIpc) is 3.21. The van der Waals surface area contributed by atoms with Crippen molar-refractivity contribution < 1.29 is 19.1 Å². The number of carbonyl (C=O) groups is 2. The van der Waals surface area contributed by atoms with Gasteiger partial charge in [0.1, 0.15) is 11.2 Å². The van der Waals surface area contributed by atoms with E-state index in [2.05, 4.69) is 0 Å². The Balaban J connectivity index is 1.57. The first kappa shape index (κ1) is 19.9. The minimum Gasteiger partial charge on any atom is -0.451 e. The second-order valence-corrected chi connectivity index (χ2v) is 9.54. The van der Waals surface area contributed by atoms with E-state index >= 15 is 0 Å². The summed E-state index contributed by atoms with van der Waals surface area (Å²) in [6.07, 6.45) is 15.9. The van der Waals surface area contributed by atoms with Crippen LogP contribution < -0.4 is 0 Å². The van der Waals surface area contributed by atoms with Crippen LogP contribution in [0.3, 0.4) is 0 Å². The number of ether oxygens (including phenoxy) is 2. The molecule has 4 aliphatic rings. The Morgan fingerprint density at radius 1 is 0.828 bits per heavy atom. The molecule has 4 aliphatic carbocycles. The van der Waals surface area contributed by atoms with Gasteiger partial charge < -0.3 is 9.47 Å². The topological polar surface area (TPSA) is 52.6 Å². The normalized spacial score (nSPS) is 35.4. The number of hydrogen-bond donors (Lipinski definition) is 0. The minimum absolute atomic E-state index is 0.110. The van der Waals surface area contributed by atoms with Gasteiger partial charge in [-0.05, 0) is 70.9 Å². The standard InChI is InChI=1S/C25H30O4/c1-16-7-5-11-24(3,14-16)28-22(26)20-18-9-10-19(13-18)21(20)23(27)29-25(4)12-6-8-17(2)15-25/h5-8,11-12,18-19H,9-10,13-15H2,1-4H3. The van der Waals surface area contributed by atoms with Crippen molar-refractivity contribution in [3.63, 3.8) is 0 Å². The molecule has 0 aromatic heterocycles. The molecule has 0 spiro atoms. The number of fused-ring (bicyclic) bond motifs is 2. The van der Waals surface area contributed by atoms with E-state index in [0.717, 1.165) is 19.3 Å². The number of hydrogen-bond acceptors (Lipinski definition) is 4. The zero-order valence-electron chi connectivity index (χ0n) is 17.8. The van der Waals surface area contributed by atoms with Crippen molar-refractivity contribution in [3.05, 3.63) is 58.7 Å². The van der Waals surface area contributed by atoms with Gasteiger partial charge in [-0.3, -0.25) is 0 Å². The highest BCUT2D eigenvalue weighted by atomic mass is 16.6. The van der Waals surface area contributed by atoms with Crippen molar-refractivity contribution in [1.29, 1.82) is 0 Å². The summed E-state index contributed by atoms with van der Waals surface area (Å²) in [6.45, 7) is 7.91. The Morgan fingerprint density at radius 2 is 1.24 bits per heavy atom. The maximum atomic E-state index is 13.2. The van der Waals surface area contributed by atoms with Crippen molar-refractivity contribution in [2.45, 2.75) is 71.0 Å². The summed E-state index contributed by atoms with van der Waals surface area (Å²) in [6, 6.07) is 0. The summed E-state index contributed by atoms with van der Waals surface area (Å²) in [5.74, 6) is -0.490. The fraction of sp³-hybridized carbons (Fsp3) is 0.520. The van der Waals surface area contributed by atoms with Gasteiger partial charge in [-0.15, -0.1) is 0 Å². The molecule has 0 aliphatic heterocycles. The lowest BCUT2D eigenvalue weighted by Crippen LogP contribution is -2.35. The molecule has 4 heteroatoms. The van der Waals surface area contributed by atoms with E-state index in [-0.39, 0.29) is 23.8 Å². The second-order valence-electron chi connectivity index (χ2n) is 9.54. The van der Waals surface area contributed by atoms with Crippen LogP contribution in [0.1, 0.15) is 59.8 Å². The predicted octanol–water partition coefficient (Wildman–Crippen LogP) is 5.13. The van der Waals surface area contributed by atoms with Gasteiger partial charge in [0.15, 0.2) is 0 Å². The number of carbonyl (C=O) groups excluding carboxylic acids is 2. The fourth-order valence-corrected chi connectivity index (χ4v) is 5.35. The van der Waals surface area contributed by atoms with E-state index in [1.165, 1.54) is 11.1 Å². The zero-order valence-corrected chi connectivity index (χ0v) is 17.8. The third-order valence-electron chi connectivity index (χ3n) is 6.55. The lowest BCUT2D eigenvalue weighted by molar-refractivity contribution is -0.153. The van der Waals surface area contributed by atoms with E-state index in [0.29, 0.717) is 24.0 Å². The van der Waals surface area contributed by atoms with Crippen molar-refractivity contribution in [2.24, 2.45) is 11.8 Å². The molecule has 0 aromatic rings. The lowest BCUT2D eigenvalue weighted by atomic mass is 9.89. The highest BCUT2D eigenvalue weighted by molar-refractivity contribution is 6.03. The monoisotopic (exact) mass is 394 g/mol. The lowest BCUT2D eigenvalue weighted by Gasteiger charge is -2.32. The van der Waals surface area contributed by atoms with Gasteiger partial charge in [0.2, 0.25) is 0 Å². The molecule has 4 rings (SSSR count). The van der Waals surface area contributed by atoms with Crippen LogP contribution in [0, 0.1) is 11.8 Å². The van der Waals surface area contributed by atoms with Crippen LogP contribution >= 0.6 is 0 Å². The Labute approximate surface area is 173 Å². The molecule has 0 heterocycles. The molecule has 0 amide bonds. The van der Waals surface area contributed by atoms with Gasteiger partial charge in [0.25, 0.3) is 0 Å². The summed E-state index contributed by atoms with van der Waals surface area (Å²) in [4.78, 5) is 26.4. The predicted molar refractivity (Wildman–Crippen MR) is 112 cm³/mol. The molecule has 1 fully saturated rings. The molecule has 4 nitrogen and oxygen atoms in total. The van der Waals surface area contributed by atoms with E-state index in [9.17, 15) is 9.59 Å². The van der Waals surface area contributed by atoms with Crippen molar-refractivity contribution in [2.75, 3.05) is 0 Å². The molecule has 4 unspecified atom stereocenters. The highest BCUT2D eigenvalue weighted by Crippen LogP contribution is 2.50. The van der Waals surface area contributed by atoms with Gasteiger partial charge in [-0.1, -0.05) is 35.5 Å². The summed E-state index contributed by atoms with van der Waals surface area (Å²) >= 11 is 0.